The van der Waals surface area contributed by atoms with Gasteiger partial charge in [-0.15, -0.1) is 0 Å². The van der Waals surface area contributed by atoms with E-state index in [1.165, 1.54) is 0 Å². The maximum atomic E-state index is 5.60. The molecular weight excluding hydrogens is 230 g/mol. The van der Waals surface area contributed by atoms with E-state index in [0.717, 1.165) is 18.7 Å². The molecule has 1 N–H and O–H groups in total. The molecule has 0 amide bonds. The lowest BCUT2D eigenvalue weighted by Crippen LogP contribution is -2.27. The van der Waals surface area contributed by atoms with Crippen LogP contribution in [0.5, 0.6) is 5.88 Å². The quantitative estimate of drug-likeness (QED) is 0.888. The number of nitrogens with one attached hydrogen (secondary N) is 1. The molecule has 1 aromatic rings. The number of ether oxygens (including phenoxy) is 2. The third-order valence-electron chi connectivity index (χ3n) is 2.88. The molecule has 5 nitrogen and oxygen atoms in total. The lowest BCUT2D eigenvalue weighted by atomic mass is 10.2. The molecule has 0 aliphatic carbocycles. The van der Waals surface area contributed by atoms with Crippen LogP contribution in [0, 0.1) is 6.92 Å². The minimum Gasteiger partial charge on any atom is -0.475 e. The van der Waals surface area contributed by atoms with Gasteiger partial charge in [-0.3, -0.25) is 0 Å². The normalized spacial score (nSPS) is 23.4. The second-order valence-electron chi connectivity index (χ2n) is 4.95. The van der Waals surface area contributed by atoms with Crippen molar-refractivity contribution in [3.05, 3.63) is 11.8 Å². The summed E-state index contributed by atoms with van der Waals surface area (Å²) in [5, 5.41) is 3.32. The first-order valence-corrected chi connectivity index (χ1v) is 6.45. The zero-order chi connectivity index (χ0) is 13.1. The summed E-state index contributed by atoms with van der Waals surface area (Å²) in [6.07, 6.45) is 1.29. The predicted molar refractivity (Wildman–Crippen MR) is 70.0 cm³/mol. The minimum absolute atomic E-state index is 0.112. The van der Waals surface area contributed by atoms with Crippen molar-refractivity contribution < 1.29 is 9.47 Å². The highest BCUT2D eigenvalue weighted by atomic mass is 16.5. The number of aromatic nitrogens is 2. The van der Waals surface area contributed by atoms with E-state index in [1.807, 2.05) is 26.8 Å². The molecule has 0 radical (unpaired) electrons. The maximum absolute atomic E-state index is 5.60. The van der Waals surface area contributed by atoms with Crippen LogP contribution in [-0.4, -0.2) is 34.8 Å². The zero-order valence-electron chi connectivity index (χ0n) is 11.4. The Bertz CT molecular complexity index is 409. The van der Waals surface area contributed by atoms with Gasteiger partial charge >= 0.3 is 0 Å². The summed E-state index contributed by atoms with van der Waals surface area (Å²) < 4.78 is 11.1. The number of hydrogen-bond donors (Lipinski definition) is 1. The molecule has 1 aliphatic heterocycles. The largest absolute Gasteiger partial charge is 0.475 e. The van der Waals surface area contributed by atoms with Crippen LogP contribution in [0.4, 0.5) is 5.95 Å². The van der Waals surface area contributed by atoms with Gasteiger partial charge in [-0.2, -0.15) is 4.98 Å². The Labute approximate surface area is 108 Å². The SMILES string of the molecule is Cc1cc(OC(C)C)nc(NC2CCOC2C)n1. The molecule has 5 heteroatoms. The highest BCUT2D eigenvalue weighted by Crippen LogP contribution is 2.19. The van der Waals surface area contributed by atoms with E-state index in [2.05, 4.69) is 22.2 Å². The van der Waals surface area contributed by atoms with E-state index in [9.17, 15) is 0 Å². The highest BCUT2D eigenvalue weighted by molar-refractivity contribution is 5.32. The number of rotatable bonds is 4. The standard InChI is InChI=1S/C13H21N3O2/c1-8(2)18-12-7-9(3)14-13(16-12)15-11-5-6-17-10(11)4/h7-8,10-11H,5-6H2,1-4H3,(H,14,15,16). The smallest absolute Gasteiger partial charge is 0.226 e. The van der Waals surface area contributed by atoms with E-state index in [-0.39, 0.29) is 18.2 Å². The third-order valence-corrected chi connectivity index (χ3v) is 2.88. The number of hydrogen-bond acceptors (Lipinski definition) is 5. The lowest BCUT2D eigenvalue weighted by Gasteiger charge is -2.17. The van der Waals surface area contributed by atoms with Crippen LogP contribution < -0.4 is 10.1 Å². The van der Waals surface area contributed by atoms with Crippen molar-refractivity contribution in [3.63, 3.8) is 0 Å². The molecule has 0 spiro atoms. The van der Waals surface area contributed by atoms with E-state index in [0.29, 0.717) is 11.8 Å². The Balaban J connectivity index is 2.09. The summed E-state index contributed by atoms with van der Waals surface area (Å²) in [6, 6.07) is 2.12. The van der Waals surface area contributed by atoms with Gasteiger partial charge in [-0.1, -0.05) is 0 Å². The Kier molecular flexibility index (Phi) is 4.01. The van der Waals surface area contributed by atoms with Gasteiger partial charge in [-0.25, -0.2) is 4.98 Å². The summed E-state index contributed by atoms with van der Waals surface area (Å²) in [5.74, 6) is 1.24. The molecule has 0 bridgehead atoms. The van der Waals surface area contributed by atoms with Gasteiger partial charge in [0.1, 0.15) is 0 Å². The molecule has 1 fully saturated rings. The molecule has 2 heterocycles. The van der Waals surface area contributed by atoms with Crippen molar-refractivity contribution >= 4 is 5.95 Å². The monoisotopic (exact) mass is 251 g/mol. The Morgan fingerprint density at radius 1 is 1.44 bits per heavy atom. The van der Waals surface area contributed by atoms with E-state index in [4.69, 9.17) is 9.47 Å². The first-order chi connectivity index (χ1) is 8.54. The molecule has 1 saturated heterocycles. The van der Waals surface area contributed by atoms with Gasteiger partial charge in [0.25, 0.3) is 0 Å². The molecule has 1 aliphatic rings. The van der Waals surface area contributed by atoms with Crippen molar-refractivity contribution in [2.45, 2.75) is 52.4 Å². The average molecular weight is 251 g/mol. The van der Waals surface area contributed by atoms with Crippen LogP contribution in [0.25, 0.3) is 0 Å². The summed E-state index contributed by atoms with van der Waals surface area (Å²) in [5.41, 5.74) is 0.898. The van der Waals surface area contributed by atoms with E-state index < -0.39 is 0 Å². The van der Waals surface area contributed by atoms with Crippen LogP contribution in [0.1, 0.15) is 32.9 Å². The molecule has 100 valence electrons. The summed E-state index contributed by atoms with van der Waals surface area (Å²) in [6.45, 7) is 8.76. The number of nitrogens with zero attached hydrogens (tertiary/aromatic N) is 2. The average Bonchev–Trinajstić information content (AvgIpc) is 2.62. The van der Waals surface area contributed by atoms with Crippen molar-refractivity contribution in [1.82, 2.24) is 9.97 Å². The molecule has 2 unspecified atom stereocenters. The fraction of sp³-hybridized carbons (Fsp3) is 0.692. The van der Waals surface area contributed by atoms with Crippen molar-refractivity contribution in [3.8, 4) is 5.88 Å². The summed E-state index contributed by atoms with van der Waals surface area (Å²) in [4.78, 5) is 8.75. The molecule has 2 atom stereocenters. The minimum atomic E-state index is 0.112. The molecule has 0 aromatic carbocycles. The van der Waals surface area contributed by atoms with E-state index >= 15 is 0 Å². The first kappa shape index (κ1) is 13.1. The van der Waals surface area contributed by atoms with Gasteiger partial charge in [0.05, 0.1) is 18.2 Å². The molecule has 2 rings (SSSR count). The molecule has 0 saturated carbocycles. The molecular formula is C13H21N3O2. The Hall–Kier alpha value is -1.36. The van der Waals surface area contributed by atoms with Gasteiger partial charge in [0.2, 0.25) is 11.8 Å². The van der Waals surface area contributed by atoms with Crippen LogP contribution >= 0.6 is 0 Å². The topological polar surface area (TPSA) is 56.3 Å². The van der Waals surface area contributed by atoms with Gasteiger partial charge in [-0.05, 0) is 34.1 Å². The summed E-state index contributed by atoms with van der Waals surface area (Å²) >= 11 is 0. The van der Waals surface area contributed by atoms with Crippen molar-refractivity contribution in [2.75, 3.05) is 11.9 Å². The van der Waals surface area contributed by atoms with Crippen molar-refractivity contribution in [2.24, 2.45) is 0 Å². The van der Waals surface area contributed by atoms with Crippen LogP contribution in [0.15, 0.2) is 6.07 Å². The lowest BCUT2D eigenvalue weighted by molar-refractivity contribution is 0.121. The van der Waals surface area contributed by atoms with Crippen LogP contribution in [0.3, 0.4) is 0 Å². The summed E-state index contributed by atoms with van der Waals surface area (Å²) in [7, 11) is 0. The fourth-order valence-electron chi connectivity index (χ4n) is 1.99. The maximum Gasteiger partial charge on any atom is 0.226 e. The van der Waals surface area contributed by atoms with Gasteiger partial charge < -0.3 is 14.8 Å². The molecule has 1 aromatic heterocycles. The molecule has 18 heavy (non-hydrogen) atoms. The van der Waals surface area contributed by atoms with Crippen LogP contribution in [0.2, 0.25) is 0 Å². The number of aryl methyl sites for hydroxylation is 1. The van der Waals surface area contributed by atoms with Gasteiger partial charge in [0, 0.05) is 18.4 Å². The first-order valence-electron chi connectivity index (χ1n) is 6.45. The van der Waals surface area contributed by atoms with E-state index in [1.54, 1.807) is 0 Å². The third kappa shape index (κ3) is 3.32. The predicted octanol–water partition coefficient (Wildman–Crippen LogP) is 2.16. The zero-order valence-corrected chi connectivity index (χ0v) is 11.4. The Morgan fingerprint density at radius 3 is 2.83 bits per heavy atom. The van der Waals surface area contributed by atoms with Crippen molar-refractivity contribution in [1.29, 1.82) is 0 Å². The van der Waals surface area contributed by atoms with Crippen LogP contribution in [-0.2, 0) is 4.74 Å². The second-order valence-corrected chi connectivity index (χ2v) is 4.95. The highest BCUT2D eigenvalue weighted by Gasteiger charge is 2.24. The van der Waals surface area contributed by atoms with Gasteiger partial charge in [0.15, 0.2) is 0 Å². The second kappa shape index (κ2) is 5.52. The fourth-order valence-corrected chi connectivity index (χ4v) is 1.99. The number of anilines is 1. The Morgan fingerprint density at radius 2 is 2.22 bits per heavy atom.